The predicted molar refractivity (Wildman–Crippen MR) is 117 cm³/mol. The third-order valence-electron chi connectivity index (χ3n) is 4.83. The van der Waals surface area contributed by atoms with Crippen LogP contribution in [-0.2, 0) is 6.42 Å². The van der Waals surface area contributed by atoms with Gasteiger partial charge in [-0.3, -0.25) is 10.2 Å². The molecule has 148 valence electrons. The number of hydrazone groups is 1. The maximum Gasteiger partial charge on any atom is 0.291 e. The summed E-state index contributed by atoms with van der Waals surface area (Å²) in [5.74, 6) is 0.682. The lowest BCUT2D eigenvalue weighted by Gasteiger charge is -2.13. The van der Waals surface area contributed by atoms with Crippen LogP contribution in [0, 0.1) is 6.92 Å². The van der Waals surface area contributed by atoms with Crippen LogP contribution in [0.3, 0.4) is 0 Å². The minimum absolute atomic E-state index is 0.264. The molecule has 0 saturated heterocycles. The number of para-hydroxylation sites is 1. The highest BCUT2D eigenvalue weighted by molar-refractivity contribution is 6.44. The first kappa shape index (κ1) is 19.6. The summed E-state index contributed by atoms with van der Waals surface area (Å²) in [6, 6.07) is 14.8. The molecule has 2 N–H and O–H groups in total. The normalized spacial score (nSPS) is 14.5. The number of halogens is 2. The summed E-state index contributed by atoms with van der Waals surface area (Å²) in [6.07, 6.45) is 2.50. The predicted octanol–water partition coefficient (Wildman–Crippen LogP) is 6.30. The molecule has 1 aliphatic carbocycles. The van der Waals surface area contributed by atoms with E-state index in [0.29, 0.717) is 15.7 Å². The van der Waals surface area contributed by atoms with E-state index in [-0.39, 0.29) is 11.7 Å². The van der Waals surface area contributed by atoms with Gasteiger partial charge >= 0.3 is 0 Å². The number of nitrogens with one attached hydrogen (secondary N) is 2. The van der Waals surface area contributed by atoms with Gasteiger partial charge in [-0.1, -0.05) is 47.5 Å². The molecule has 7 heteroatoms. The Bertz CT molecular complexity index is 1090. The van der Waals surface area contributed by atoms with Crippen molar-refractivity contribution >= 4 is 46.2 Å². The van der Waals surface area contributed by atoms with Crippen LogP contribution < -0.4 is 10.7 Å². The molecule has 4 rings (SSSR count). The molecule has 1 aliphatic rings. The highest BCUT2D eigenvalue weighted by Crippen LogP contribution is 2.33. The van der Waals surface area contributed by atoms with E-state index in [2.05, 4.69) is 15.8 Å². The third kappa shape index (κ3) is 4.02. The van der Waals surface area contributed by atoms with E-state index in [1.165, 1.54) is 0 Å². The van der Waals surface area contributed by atoms with Gasteiger partial charge in [0.25, 0.3) is 5.91 Å². The van der Waals surface area contributed by atoms with Crippen molar-refractivity contribution in [1.82, 2.24) is 0 Å². The minimum atomic E-state index is -0.364. The molecule has 0 fully saturated rings. The zero-order valence-corrected chi connectivity index (χ0v) is 17.3. The molecule has 0 unspecified atom stereocenters. The lowest BCUT2D eigenvalue weighted by atomic mass is 9.93. The molecule has 1 amide bonds. The van der Waals surface area contributed by atoms with Crippen molar-refractivity contribution in [2.75, 3.05) is 10.7 Å². The first-order chi connectivity index (χ1) is 14.0. The number of fused-ring (bicyclic) bond motifs is 1. The highest BCUT2D eigenvalue weighted by Gasteiger charge is 2.28. The molecule has 0 atom stereocenters. The first-order valence-corrected chi connectivity index (χ1v) is 10.1. The number of amides is 1. The van der Waals surface area contributed by atoms with Gasteiger partial charge in [0.2, 0.25) is 0 Å². The van der Waals surface area contributed by atoms with E-state index in [9.17, 15) is 4.79 Å². The average Bonchev–Trinajstić information content (AvgIpc) is 3.08. The number of hydrogen-bond acceptors (Lipinski definition) is 4. The van der Waals surface area contributed by atoms with Gasteiger partial charge in [0.1, 0.15) is 5.76 Å². The number of aryl methyl sites for hydroxylation is 1. The van der Waals surface area contributed by atoms with Gasteiger partial charge in [-0.25, -0.2) is 0 Å². The summed E-state index contributed by atoms with van der Waals surface area (Å²) in [5, 5.41) is 8.03. The summed E-state index contributed by atoms with van der Waals surface area (Å²) in [4.78, 5) is 12.8. The van der Waals surface area contributed by atoms with Gasteiger partial charge in [0.05, 0.1) is 27.1 Å². The fraction of sp³-hybridized carbons (Fsp3) is 0.182. The highest BCUT2D eigenvalue weighted by atomic mass is 35.5. The molecule has 1 aromatic heterocycles. The van der Waals surface area contributed by atoms with Crippen LogP contribution in [0.2, 0.25) is 10.0 Å². The van der Waals surface area contributed by atoms with E-state index < -0.39 is 0 Å². The second-order valence-corrected chi connectivity index (χ2v) is 7.58. The van der Waals surface area contributed by atoms with Crippen molar-refractivity contribution in [2.45, 2.75) is 26.2 Å². The Labute approximate surface area is 178 Å². The second kappa shape index (κ2) is 8.31. The van der Waals surface area contributed by atoms with Crippen LogP contribution in [0.5, 0.6) is 0 Å². The summed E-state index contributed by atoms with van der Waals surface area (Å²) in [7, 11) is 0. The van der Waals surface area contributed by atoms with Gasteiger partial charge < -0.3 is 9.73 Å². The minimum Gasteiger partial charge on any atom is -0.455 e. The number of benzene rings is 2. The Morgan fingerprint density at radius 2 is 1.86 bits per heavy atom. The average molecular weight is 428 g/mol. The van der Waals surface area contributed by atoms with Crippen LogP contribution in [0.25, 0.3) is 0 Å². The van der Waals surface area contributed by atoms with Crippen LogP contribution in [-0.4, -0.2) is 11.6 Å². The van der Waals surface area contributed by atoms with Crippen molar-refractivity contribution in [3.63, 3.8) is 0 Å². The molecular weight excluding hydrogens is 409 g/mol. The van der Waals surface area contributed by atoms with Crippen LogP contribution >= 0.6 is 23.2 Å². The van der Waals surface area contributed by atoms with Crippen LogP contribution in [0.15, 0.2) is 58.0 Å². The van der Waals surface area contributed by atoms with Gasteiger partial charge in [0, 0.05) is 17.5 Å². The quantitative estimate of drug-likeness (QED) is 0.480. The van der Waals surface area contributed by atoms with E-state index in [4.69, 9.17) is 27.6 Å². The summed E-state index contributed by atoms with van der Waals surface area (Å²) in [5.41, 5.74) is 6.99. The Hall–Kier alpha value is -2.76. The number of hydrogen-bond donors (Lipinski definition) is 2. The van der Waals surface area contributed by atoms with Gasteiger partial charge in [-0.15, -0.1) is 0 Å². The Kier molecular flexibility index (Phi) is 5.60. The van der Waals surface area contributed by atoms with E-state index >= 15 is 0 Å². The summed E-state index contributed by atoms with van der Waals surface area (Å²) in [6.45, 7) is 1.88. The fourth-order valence-corrected chi connectivity index (χ4v) is 3.77. The number of nitrogens with zero attached hydrogens (tertiary/aromatic N) is 1. The Balaban J connectivity index is 1.62. The Morgan fingerprint density at radius 1 is 1.07 bits per heavy atom. The topological polar surface area (TPSA) is 66.6 Å². The van der Waals surface area contributed by atoms with Crippen molar-refractivity contribution < 1.29 is 9.21 Å². The smallest absolute Gasteiger partial charge is 0.291 e. The molecule has 29 heavy (non-hydrogen) atoms. The number of anilines is 2. The van der Waals surface area contributed by atoms with E-state index in [1.54, 1.807) is 18.2 Å². The molecule has 0 spiro atoms. The second-order valence-electron chi connectivity index (χ2n) is 6.80. The van der Waals surface area contributed by atoms with E-state index in [1.807, 2.05) is 37.3 Å². The molecular formula is C22H19Cl2N3O2. The number of carbonyl (C=O) groups is 1. The molecule has 0 radical (unpaired) electrons. The third-order valence-corrected chi connectivity index (χ3v) is 5.64. The molecule has 0 saturated carbocycles. The summed E-state index contributed by atoms with van der Waals surface area (Å²) >= 11 is 12.2. The van der Waals surface area contributed by atoms with Crippen molar-refractivity contribution in [1.29, 1.82) is 0 Å². The number of furan rings is 1. The van der Waals surface area contributed by atoms with Gasteiger partial charge in [0.15, 0.2) is 5.76 Å². The van der Waals surface area contributed by atoms with Crippen molar-refractivity contribution in [3.8, 4) is 0 Å². The number of carbonyl (C=O) groups excluding carboxylic acids is 1. The zero-order valence-electron chi connectivity index (χ0n) is 15.8. The maximum atomic E-state index is 12.8. The maximum absolute atomic E-state index is 12.8. The number of rotatable bonds is 4. The van der Waals surface area contributed by atoms with Crippen molar-refractivity contribution in [2.24, 2.45) is 5.10 Å². The fourth-order valence-electron chi connectivity index (χ4n) is 3.42. The monoisotopic (exact) mass is 427 g/mol. The molecule has 0 aliphatic heterocycles. The Morgan fingerprint density at radius 3 is 2.66 bits per heavy atom. The first-order valence-electron chi connectivity index (χ1n) is 9.30. The van der Waals surface area contributed by atoms with Crippen molar-refractivity contribution in [3.05, 3.63) is 81.2 Å². The van der Waals surface area contributed by atoms with Gasteiger partial charge in [-0.2, -0.15) is 5.10 Å². The van der Waals surface area contributed by atoms with E-state index in [0.717, 1.165) is 47.5 Å². The SMILES string of the molecule is Cc1c(C(=O)Nc2cccc(Cl)c2Cl)oc2c1/C(=N/Nc1ccccc1)CCC2. The molecule has 5 nitrogen and oxygen atoms in total. The summed E-state index contributed by atoms with van der Waals surface area (Å²) < 4.78 is 5.93. The molecule has 1 heterocycles. The molecule has 2 aromatic carbocycles. The molecule has 3 aromatic rings. The zero-order chi connectivity index (χ0) is 20.4. The van der Waals surface area contributed by atoms with Gasteiger partial charge in [-0.05, 0) is 44.0 Å². The molecule has 0 bridgehead atoms. The lowest BCUT2D eigenvalue weighted by molar-refractivity contribution is 0.0994. The lowest BCUT2D eigenvalue weighted by Crippen LogP contribution is -2.14. The van der Waals surface area contributed by atoms with Crippen LogP contribution in [0.1, 0.15) is 40.3 Å². The van der Waals surface area contributed by atoms with Crippen LogP contribution in [0.4, 0.5) is 11.4 Å². The largest absolute Gasteiger partial charge is 0.455 e. The standard InChI is InChI=1S/C22H19Cl2N3O2/c1-13-19-16(27-26-14-7-3-2-4-8-14)10-6-12-18(19)29-21(13)22(28)25-17-11-5-9-15(23)20(17)24/h2-5,7-9,11,26H,6,10,12H2,1H3,(H,25,28)/b27-16+.